The van der Waals surface area contributed by atoms with E-state index in [1.165, 1.54) is 0 Å². The first kappa shape index (κ1) is 33.2. The van der Waals surface area contributed by atoms with Gasteiger partial charge < -0.3 is 8.98 Å². The minimum atomic E-state index is 0.534. The third kappa shape index (κ3) is 5.53. The van der Waals surface area contributed by atoms with Crippen molar-refractivity contribution in [1.82, 2.24) is 19.5 Å². The molecule has 0 saturated heterocycles. The molecule has 3 aromatic heterocycles. The van der Waals surface area contributed by atoms with E-state index in [1.54, 1.807) is 0 Å². The standard InChI is InChI=1S/C52H31N5O/c53-32-33-13-9-16-35(29-33)36-17-10-18-37(30-36)50-54-51(38-27-28-42-47(31-38)58-46-26-12-22-40(49(42)46)34-14-3-1-4-15-34)56-52(55-50)43-23-11-25-45-48(43)41-21-7-8-24-44(41)57(45)39-19-5-2-6-20-39/h1-31H. The highest BCUT2D eigenvalue weighted by atomic mass is 16.3. The van der Waals surface area contributed by atoms with Crippen LogP contribution in [0.1, 0.15) is 5.56 Å². The van der Waals surface area contributed by atoms with E-state index in [-0.39, 0.29) is 0 Å². The summed E-state index contributed by atoms with van der Waals surface area (Å²) in [6, 6.07) is 66.2. The second-order valence-electron chi connectivity index (χ2n) is 14.3. The van der Waals surface area contributed by atoms with Gasteiger partial charge in [-0.1, -0.05) is 127 Å². The number of benzene rings is 8. The zero-order valence-electron chi connectivity index (χ0n) is 31.0. The van der Waals surface area contributed by atoms with Crippen LogP contribution in [0.5, 0.6) is 0 Å². The average molecular weight is 742 g/mol. The zero-order chi connectivity index (χ0) is 38.6. The van der Waals surface area contributed by atoms with Gasteiger partial charge >= 0.3 is 0 Å². The summed E-state index contributed by atoms with van der Waals surface area (Å²) < 4.78 is 8.84. The predicted octanol–water partition coefficient (Wildman–Crippen LogP) is 13.1. The predicted molar refractivity (Wildman–Crippen MR) is 233 cm³/mol. The molecule has 0 fully saturated rings. The summed E-state index contributed by atoms with van der Waals surface area (Å²) >= 11 is 0. The zero-order valence-corrected chi connectivity index (χ0v) is 31.0. The molecular weight excluding hydrogens is 711 g/mol. The van der Waals surface area contributed by atoms with Gasteiger partial charge in [-0.2, -0.15) is 5.26 Å². The van der Waals surface area contributed by atoms with Crippen molar-refractivity contribution in [1.29, 1.82) is 5.26 Å². The van der Waals surface area contributed by atoms with Crippen LogP contribution in [0.25, 0.3) is 106 Å². The van der Waals surface area contributed by atoms with Gasteiger partial charge in [-0.05, 0) is 82.9 Å². The van der Waals surface area contributed by atoms with E-state index in [0.717, 1.165) is 88.4 Å². The number of nitriles is 1. The monoisotopic (exact) mass is 741 g/mol. The molecule has 0 atom stereocenters. The van der Waals surface area contributed by atoms with Crippen LogP contribution >= 0.6 is 0 Å². The second kappa shape index (κ2) is 13.6. The van der Waals surface area contributed by atoms with Gasteiger partial charge in [-0.3, -0.25) is 0 Å². The Morgan fingerprint density at radius 3 is 1.86 bits per heavy atom. The van der Waals surface area contributed by atoms with Gasteiger partial charge in [0, 0.05) is 43.9 Å². The van der Waals surface area contributed by atoms with Crippen LogP contribution in [0.15, 0.2) is 192 Å². The molecule has 8 aromatic carbocycles. The number of nitrogens with zero attached hydrogens (tertiary/aromatic N) is 5. The van der Waals surface area contributed by atoms with Crippen molar-refractivity contribution >= 4 is 43.7 Å². The summed E-state index contributed by atoms with van der Waals surface area (Å²) in [7, 11) is 0. The van der Waals surface area contributed by atoms with E-state index in [1.807, 2.05) is 72.8 Å². The highest BCUT2D eigenvalue weighted by molar-refractivity contribution is 6.15. The van der Waals surface area contributed by atoms with Crippen molar-refractivity contribution in [2.75, 3.05) is 0 Å². The molecule has 11 rings (SSSR count). The lowest BCUT2D eigenvalue weighted by Crippen LogP contribution is -2.01. The second-order valence-corrected chi connectivity index (χ2v) is 14.3. The molecule has 270 valence electrons. The number of aromatic nitrogens is 4. The van der Waals surface area contributed by atoms with Gasteiger partial charge in [-0.15, -0.1) is 0 Å². The lowest BCUT2D eigenvalue weighted by atomic mass is 9.99. The van der Waals surface area contributed by atoms with Gasteiger partial charge in [0.05, 0.1) is 22.7 Å². The number of para-hydroxylation sites is 2. The minimum Gasteiger partial charge on any atom is -0.456 e. The Kier molecular flexibility index (Phi) is 7.76. The Balaban J connectivity index is 1.14. The molecule has 58 heavy (non-hydrogen) atoms. The highest BCUT2D eigenvalue weighted by Crippen LogP contribution is 2.40. The fraction of sp³-hybridized carbons (Fsp3) is 0. The Morgan fingerprint density at radius 1 is 0.414 bits per heavy atom. The average Bonchev–Trinajstić information content (AvgIpc) is 3.85. The Hall–Kier alpha value is -8.14. The topological polar surface area (TPSA) is 80.5 Å². The minimum absolute atomic E-state index is 0.534. The molecule has 3 heterocycles. The number of rotatable bonds is 6. The van der Waals surface area contributed by atoms with Gasteiger partial charge in [-0.25, -0.2) is 15.0 Å². The number of fused-ring (bicyclic) bond motifs is 6. The van der Waals surface area contributed by atoms with Crippen LogP contribution < -0.4 is 0 Å². The molecule has 11 aromatic rings. The highest BCUT2D eigenvalue weighted by Gasteiger charge is 2.21. The molecule has 0 aliphatic carbocycles. The van der Waals surface area contributed by atoms with E-state index in [4.69, 9.17) is 19.4 Å². The van der Waals surface area contributed by atoms with Crippen LogP contribution in [0.2, 0.25) is 0 Å². The Morgan fingerprint density at radius 2 is 1.03 bits per heavy atom. The summed E-state index contributed by atoms with van der Waals surface area (Å²) in [6.45, 7) is 0. The largest absolute Gasteiger partial charge is 0.456 e. The Labute approximate surface area is 333 Å². The smallest absolute Gasteiger partial charge is 0.164 e. The normalized spacial score (nSPS) is 11.4. The van der Waals surface area contributed by atoms with Crippen LogP contribution in [-0.4, -0.2) is 19.5 Å². The molecule has 6 nitrogen and oxygen atoms in total. The van der Waals surface area contributed by atoms with Crippen LogP contribution in [-0.2, 0) is 0 Å². The van der Waals surface area contributed by atoms with Crippen molar-refractivity contribution in [3.63, 3.8) is 0 Å². The summed E-state index contributed by atoms with van der Waals surface area (Å²) in [5.74, 6) is 1.64. The van der Waals surface area contributed by atoms with Crippen LogP contribution in [0, 0.1) is 11.3 Å². The van der Waals surface area contributed by atoms with Gasteiger partial charge in [0.1, 0.15) is 11.2 Å². The molecule has 0 spiro atoms. The van der Waals surface area contributed by atoms with Gasteiger partial charge in [0.2, 0.25) is 0 Å². The van der Waals surface area contributed by atoms with Crippen molar-refractivity contribution in [2.24, 2.45) is 0 Å². The third-order valence-corrected chi connectivity index (χ3v) is 10.9. The lowest BCUT2D eigenvalue weighted by Gasteiger charge is -2.11. The van der Waals surface area contributed by atoms with Crippen molar-refractivity contribution in [2.45, 2.75) is 0 Å². The van der Waals surface area contributed by atoms with Crippen LogP contribution in [0.4, 0.5) is 0 Å². The maximum atomic E-state index is 9.61. The van der Waals surface area contributed by atoms with Crippen LogP contribution in [0.3, 0.4) is 0 Å². The quantitative estimate of drug-likeness (QED) is 0.169. The fourth-order valence-electron chi connectivity index (χ4n) is 8.24. The first-order valence-electron chi connectivity index (χ1n) is 19.2. The molecule has 0 amide bonds. The molecule has 0 bridgehead atoms. The molecule has 0 N–H and O–H groups in total. The SMILES string of the molecule is N#Cc1cccc(-c2cccc(-c3nc(-c4ccc5c(c4)oc4cccc(-c6ccccc6)c45)nc(-c4cccc5c4c4ccccc4n5-c4ccccc4)n3)c2)c1. The first-order valence-corrected chi connectivity index (χ1v) is 19.2. The molecule has 0 unspecified atom stereocenters. The van der Waals surface area contributed by atoms with E-state index in [0.29, 0.717) is 23.0 Å². The summed E-state index contributed by atoms with van der Waals surface area (Å²) in [5.41, 5.74) is 12.1. The summed E-state index contributed by atoms with van der Waals surface area (Å²) in [6.07, 6.45) is 0. The van der Waals surface area contributed by atoms with E-state index in [9.17, 15) is 5.26 Å². The van der Waals surface area contributed by atoms with Crippen molar-refractivity contribution < 1.29 is 4.42 Å². The van der Waals surface area contributed by atoms with Gasteiger partial charge in [0.15, 0.2) is 17.5 Å². The molecular formula is C52H31N5O. The Bertz CT molecular complexity index is 3410. The third-order valence-electron chi connectivity index (χ3n) is 10.9. The lowest BCUT2D eigenvalue weighted by molar-refractivity contribution is 0.669. The molecule has 0 aliphatic rings. The van der Waals surface area contributed by atoms with Crippen molar-refractivity contribution in [3.05, 3.63) is 194 Å². The molecule has 0 saturated carbocycles. The number of furan rings is 1. The molecule has 6 heteroatoms. The maximum absolute atomic E-state index is 9.61. The number of hydrogen-bond donors (Lipinski definition) is 0. The van der Waals surface area contributed by atoms with Crippen molar-refractivity contribution in [3.8, 4) is 68.2 Å². The van der Waals surface area contributed by atoms with Gasteiger partial charge in [0.25, 0.3) is 0 Å². The maximum Gasteiger partial charge on any atom is 0.164 e. The van der Waals surface area contributed by atoms with E-state index in [2.05, 4.69) is 126 Å². The summed E-state index contributed by atoms with van der Waals surface area (Å²) in [5, 5.41) is 13.9. The fourth-order valence-corrected chi connectivity index (χ4v) is 8.24. The number of hydrogen-bond acceptors (Lipinski definition) is 5. The first-order chi connectivity index (χ1) is 28.7. The van der Waals surface area contributed by atoms with E-state index >= 15 is 0 Å². The molecule has 0 radical (unpaired) electrons. The molecule has 0 aliphatic heterocycles. The van der Waals surface area contributed by atoms with E-state index < -0.39 is 0 Å². The summed E-state index contributed by atoms with van der Waals surface area (Å²) in [4.78, 5) is 15.7.